The number of phosphoric ester groups is 1. The monoisotopic (exact) mass is 464 g/mol. The van der Waals surface area contributed by atoms with Crippen molar-refractivity contribution in [1.29, 1.82) is 0 Å². The minimum Gasteiger partial charge on any atom is -0.343 e. The molecule has 18 heteroatoms. The third kappa shape index (κ3) is 5.89. The maximum absolute atomic E-state index is 12.1. The molecule has 0 bridgehead atoms. The van der Waals surface area contributed by atoms with E-state index in [0.29, 0.717) is 0 Å². The van der Waals surface area contributed by atoms with Crippen molar-refractivity contribution in [2.75, 3.05) is 0 Å². The van der Waals surface area contributed by atoms with Gasteiger partial charge in [-0.2, -0.15) is 0 Å². The SMILES string of the molecule is Cc1cn([C@@H]2C=C[C@H](C(OP(=O)(O)O)P(=O)(O)OP(=O)(O)O)O2)c(=O)[nH]c1=O. The molecular formula is C10H15N2O13P3. The summed E-state index contributed by atoms with van der Waals surface area (Å²) in [6.07, 6.45) is 0.119. The Kier molecular flexibility index (Phi) is 6.51. The number of hydrogen-bond donors (Lipinski definition) is 6. The fraction of sp³-hybridized carbons (Fsp3) is 0.400. The summed E-state index contributed by atoms with van der Waals surface area (Å²) in [7, 11) is -16.5. The van der Waals surface area contributed by atoms with Gasteiger partial charge in [0.15, 0.2) is 6.23 Å². The second-order valence-corrected chi connectivity index (χ2v) is 9.94. The molecule has 2 heterocycles. The molecule has 2 rings (SSSR count). The van der Waals surface area contributed by atoms with Crippen molar-refractivity contribution in [3.05, 3.63) is 44.8 Å². The maximum atomic E-state index is 12.1. The van der Waals surface area contributed by atoms with Crippen LogP contribution in [0.3, 0.4) is 0 Å². The molecule has 0 aromatic carbocycles. The number of aromatic nitrogens is 2. The number of aromatic amines is 1. The third-order valence-corrected chi connectivity index (χ3v) is 6.75. The molecule has 6 N–H and O–H groups in total. The first-order valence-electron chi connectivity index (χ1n) is 7.08. The van der Waals surface area contributed by atoms with E-state index in [1.807, 2.05) is 4.98 Å². The number of ether oxygens (including phenoxy) is 1. The molecule has 0 saturated carbocycles. The first-order chi connectivity index (χ1) is 12.6. The summed E-state index contributed by atoms with van der Waals surface area (Å²) in [5.74, 6) is -2.55. The normalized spacial score (nSPS) is 23.5. The van der Waals surface area contributed by atoms with Crippen molar-refractivity contribution in [1.82, 2.24) is 9.55 Å². The first kappa shape index (κ1) is 23.1. The topological polar surface area (TPSA) is 235 Å². The van der Waals surface area contributed by atoms with Gasteiger partial charge in [-0.25, -0.2) is 18.2 Å². The molecule has 0 fully saturated rings. The highest BCUT2D eigenvalue weighted by Gasteiger charge is 2.49. The fourth-order valence-electron chi connectivity index (χ4n) is 2.20. The predicted molar refractivity (Wildman–Crippen MR) is 89.0 cm³/mol. The number of aryl methyl sites for hydroxylation is 1. The van der Waals surface area contributed by atoms with E-state index in [2.05, 4.69) is 8.83 Å². The Bertz CT molecular complexity index is 1030. The molecule has 1 aromatic heterocycles. The van der Waals surface area contributed by atoms with Gasteiger partial charge in [-0.15, -0.1) is 0 Å². The Labute approximate surface area is 155 Å². The number of H-pyrrole nitrogens is 1. The molecule has 0 amide bonds. The van der Waals surface area contributed by atoms with Gasteiger partial charge >= 0.3 is 28.9 Å². The molecule has 4 atom stereocenters. The Hall–Kier alpha value is -1.21. The first-order valence-corrected chi connectivity index (χ1v) is 11.8. The van der Waals surface area contributed by atoms with Crippen LogP contribution < -0.4 is 11.2 Å². The van der Waals surface area contributed by atoms with Gasteiger partial charge in [0.05, 0.1) is 0 Å². The van der Waals surface area contributed by atoms with Gasteiger partial charge < -0.3 is 29.2 Å². The second kappa shape index (κ2) is 7.90. The molecule has 15 nitrogen and oxygen atoms in total. The number of nitrogens with zero attached hydrogens (tertiary/aromatic N) is 1. The summed E-state index contributed by atoms with van der Waals surface area (Å²) < 4.78 is 48.1. The summed E-state index contributed by atoms with van der Waals surface area (Å²) in [4.78, 5) is 70.4. The van der Waals surface area contributed by atoms with Gasteiger partial charge in [0.25, 0.3) is 5.56 Å². The molecule has 0 spiro atoms. The van der Waals surface area contributed by atoms with Crippen molar-refractivity contribution in [2.24, 2.45) is 0 Å². The predicted octanol–water partition coefficient (Wildman–Crippen LogP) is -0.971. The van der Waals surface area contributed by atoms with Crippen LogP contribution in [0.1, 0.15) is 11.8 Å². The van der Waals surface area contributed by atoms with Crippen molar-refractivity contribution in [3.63, 3.8) is 0 Å². The number of hydrogen-bond acceptors (Lipinski definition) is 8. The lowest BCUT2D eigenvalue weighted by Gasteiger charge is -2.27. The van der Waals surface area contributed by atoms with Gasteiger partial charge in [-0.05, 0) is 13.0 Å². The van der Waals surface area contributed by atoms with E-state index in [-0.39, 0.29) is 5.56 Å². The lowest BCUT2D eigenvalue weighted by molar-refractivity contribution is -0.0287. The van der Waals surface area contributed by atoms with Gasteiger partial charge in [0.2, 0.25) is 5.85 Å². The van der Waals surface area contributed by atoms with E-state index in [1.165, 1.54) is 6.92 Å². The smallest absolute Gasteiger partial charge is 0.343 e. The van der Waals surface area contributed by atoms with Crippen LogP contribution in [0.2, 0.25) is 0 Å². The average molecular weight is 464 g/mol. The van der Waals surface area contributed by atoms with Crippen LogP contribution in [0.15, 0.2) is 27.9 Å². The van der Waals surface area contributed by atoms with Crippen molar-refractivity contribution < 1.29 is 51.7 Å². The van der Waals surface area contributed by atoms with Crippen molar-refractivity contribution in [3.8, 4) is 0 Å². The highest BCUT2D eigenvalue weighted by Crippen LogP contribution is 2.64. The molecule has 1 aromatic rings. The van der Waals surface area contributed by atoms with Crippen LogP contribution in [0.25, 0.3) is 0 Å². The summed E-state index contributed by atoms with van der Waals surface area (Å²) in [6.45, 7) is 1.38. The molecular weight excluding hydrogens is 449 g/mol. The quantitative estimate of drug-likeness (QED) is 0.211. The summed E-state index contributed by atoms with van der Waals surface area (Å²) in [5.41, 5.74) is -1.48. The van der Waals surface area contributed by atoms with Crippen molar-refractivity contribution in [2.45, 2.75) is 25.1 Å². The molecule has 0 radical (unpaired) electrons. The maximum Gasteiger partial charge on any atom is 0.476 e. The molecule has 0 aliphatic carbocycles. The Morgan fingerprint density at radius 2 is 1.71 bits per heavy atom. The molecule has 2 unspecified atom stereocenters. The van der Waals surface area contributed by atoms with Crippen molar-refractivity contribution >= 4 is 23.2 Å². The zero-order valence-electron chi connectivity index (χ0n) is 13.8. The van der Waals surface area contributed by atoms with E-state index in [1.54, 1.807) is 0 Å². The Balaban J connectivity index is 2.36. The highest BCUT2D eigenvalue weighted by atomic mass is 31.3. The molecule has 158 valence electrons. The van der Waals surface area contributed by atoms with E-state index in [0.717, 1.165) is 22.9 Å². The molecule has 1 aliphatic heterocycles. The summed E-state index contributed by atoms with van der Waals surface area (Å²) in [6, 6.07) is 0. The number of nitrogens with one attached hydrogen (secondary N) is 1. The van der Waals surface area contributed by atoms with Gasteiger partial charge in [-0.3, -0.25) is 23.4 Å². The third-order valence-electron chi connectivity index (χ3n) is 3.25. The van der Waals surface area contributed by atoms with E-state index in [4.69, 9.17) is 24.3 Å². The zero-order chi connectivity index (χ0) is 21.5. The second-order valence-electron chi connectivity index (χ2n) is 5.48. The van der Waals surface area contributed by atoms with Crippen LogP contribution in [0.4, 0.5) is 0 Å². The number of rotatable bonds is 7. The van der Waals surface area contributed by atoms with E-state index >= 15 is 0 Å². The van der Waals surface area contributed by atoms with Crippen LogP contribution in [-0.2, 0) is 27.3 Å². The molecule has 1 aliphatic rings. The van der Waals surface area contributed by atoms with Crippen LogP contribution in [0.5, 0.6) is 0 Å². The summed E-state index contributed by atoms with van der Waals surface area (Å²) in [5, 5.41) is 0. The van der Waals surface area contributed by atoms with Crippen LogP contribution in [-0.4, -0.2) is 46.0 Å². The van der Waals surface area contributed by atoms with Crippen LogP contribution >= 0.6 is 23.2 Å². The minimum atomic E-state index is -5.56. The largest absolute Gasteiger partial charge is 0.476 e. The summed E-state index contributed by atoms with van der Waals surface area (Å²) >= 11 is 0. The van der Waals surface area contributed by atoms with Gasteiger partial charge in [0, 0.05) is 11.8 Å². The van der Waals surface area contributed by atoms with E-state index < -0.39 is 52.7 Å². The van der Waals surface area contributed by atoms with Crippen LogP contribution in [0, 0.1) is 6.92 Å². The van der Waals surface area contributed by atoms with Gasteiger partial charge in [0.1, 0.15) is 6.10 Å². The Morgan fingerprint density at radius 1 is 1.11 bits per heavy atom. The standard InChI is InChI=1S/C10H15N2O13P3/c1-5-4-12(10(14)11-8(5)13)7-3-2-6(23-7)9(24-27(17,18)19)26(15,16)25-28(20,21)22/h2-4,6-7,9H,1H3,(H,15,16)(H,11,13,14)(H2,17,18,19)(H2,20,21,22)/t6-,7+,9?/m1/s1. The highest BCUT2D eigenvalue weighted by molar-refractivity contribution is 7.64. The Morgan fingerprint density at radius 3 is 2.25 bits per heavy atom. The zero-order valence-corrected chi connectivity index (χ0v) is 16.4. The number of phosphoric acid groups is 2. The lowest BCUT2D eigenvalue weighted by Crippen LogP contribution is -2.35. The average Bonchev–Trinajstić information content (AvgIpc) is 2.94. The fourth-order valence-corrected chi connectivity index (χ4v) is 5.58. The minimum absolute atomic E-state index is 0.112. The lowest BCUT2D eigenvalue weighted by atomic mass is 10.3. The van der Waals surface area contributed by atoms with Gasteiger partial charge in [-0.1, -0.05) is 6.08 Å². The molecule has 0 saturated heterocycles. The van der Waals surface area contributed by atoms with E-state index in [9.17, 15) is 28.2 Å². The molecule has 28 heavy (non-hydrogen) atoms.